The molecule has 3 unspecified atom stereocenters. The van der Waals surface area contributed by atoms with Gasteiger partial charge in [-0.3, -0.25) is 4.90 Å². The lowest BCUT2D eigenvalue weighted by molar-refractivity contribution is -0.0428. The Kier molecular flexibility index (Phi) is 7.87. The van der Waals surface area contributed by atoms with E-state index in [2.05, 4.69) is 23.9 Å². The van der Waals surface area contributed by atoms with E-state index in [9.17, 15) is 5.11 Å². The summed E-state index contributed by atoms with van der Waals surface area (Å²) in [6.07, 6.45) is 2.08. The van der Waals surface area contributed by atoms with Crippen molar-refractivity contribution in [3.05, 3.63) is 0 Å². The molecule has 0 amide bonds. The van der Waals surface area contributed by atoms with Crippen molar-refractivity contribution in [3.63, 3.8) is 0 Å². The molecule has 3 atom stereocenters. The first-order valence-corrected chi connectivity index (χ1v) is 7.20. The fraction of sp³-hybridized carbons (Fsp3) is 1.00. The van der Waals surface area contributed by atoms with Gasteiger partial charge in [0.1, 0.15) is 0 Å². The number of likely N-dealkylation sites (tertiary alicyclic amines) is 1. The summed E-state index contributed by atoms with van der Waals surface area (Å²) < 4.78 is 10.6. The van der Waals surface area contributed by atoms with Crippen LogP contribution >= 0.6 is 0 Å². The number of methoxy groups -OCH3 is 1. The molecule has 1 N–H and O–H groups in total. The van der Waals surface area contributed by atoms with Crippen LogP contribution in [0.4, 0.5) is 0 Å². The SMILES string of the molecule is COCC(C)OCC(O)CN1CCCC(N(C)C)C1. The minimum absolute atomic E-state index is 0.0375. The van der Waals surface area contributed by atoms with Crippen LogP contribution < -0.4 is 0 Å². The van der Waals surface area contributed by atoms with Gasteiger partial charge in [-0.05, 0) is 40.4 Å². The van der Waals surface area contributed by atoms with Gasteiger partial charge < -0.3 is 19.5 Å². The smallest absolute Gasteiger partial charge is 0.0900 e. The van der Waals surface area contributed by atoms with Crippen LogP contribution in [0.3, 0.4) is 0 Å². The molecule has 0 bridgehead atoms. The van der Waals surface area contributed by atoms with E-state index in [-0.39, 0.29) is 6.10 Å². The number of aliphatic hydroxyl groups excluding tert-OH is 1. The van der Waals surface area contributed by atoms with E-state index in [1.807, 2.05) is 6.92 Å². The average Bonchev–Trinajstić information content (AvgIpc) is 2.37. The Morgan fingerprint density at radius 3 is 2.74 bits per heavy atom. The Balaban J connectivity index is 2.22. The molecular formula is C14H30N2O3. The maximum atomic E-state index is 10.0. The zero-order chi connectivity index (χ0) is 14.3. The van der Waals surface area contributed by atoms with Crippen molar-refractivity contribution < 1.29 is 14.6 Å². The molecule has 1 heterocycles. The zero-order valence-corrected chi connectivity index (χ0v) is 12.8. The molecule has 114 valence electrons. The quantitative estimate of drug-likeness (QED) is 0.695. The van der Waals surface area contributed by atoms with Crippen molar-refractivity contribution in [1.82, 2.24) is 9.80 Å². The highest BCUT2D eigenvalue weighted by atomic mass is 16.5. The van der Waals surface area contributed by atoms with Crippen LogP contribution in [0.2, 0.25) is 0 Å². The second-order valence-electron chi connectivity index (χ2n) is 5.77. The van der Waals surface area contributed by atoms with Crippen LogP contribution in [0.1, 0.15) is 19.8 Å². The van der Waals surface area contributed by atoms with Gasteiger partial charge in [-0.2, -0.15) is 0 Å². The van der Waals surface area contributed by atoms with Gasteiger partial charge in [0.05, 0.1) is 25.4 Å². The van der Waals surface area contributed by atoms with Crippen molar-refractivity contribution in [2.45, 2.75) is 38.0 Å². The van der Waals surface area contributed by atoms with Crippen molar-refractivity contribution >= 4 is 0 Å². The van der Waals surface area contributed by atoms with Crippen LogP contribution in [-0.4, -0.2) is 87.2 Å². The second-order valence-corrected chi connectivity index (χ2v) is 5.77. The predicted molar refractivity (Wildman–Crippen MR) is 76.4 cm³/mol. The summed E-state index contributed by atoms with van der Waals surface area (Å²) in [5.41, 5.74) is 0. The molecule has 0 spiro atoms. The molecule has 0 saturated carbocycles. The molecule has 0 aromatic rings. The number of nitrogens with zero attached hydrogens (tertiary/aromatic N) is 2. The van der Waals surface area contributed by atoms with E-state index in [4.69, 9.17) is 9.47 Å². The standard InChI is InChI=1S/C14H30N2O3/c1-12(10-18-4)19-11-14(17)9-16-7-5-6-13(8-16)15(2)3/h12-14,17H,5-11H2,1-4H3. The van der Waals surface area contributed by atoms with Crippen LogP contribution in [0.5, 0.6) is 0 Å². The van der Waals surface area contributed by atoms with Gasteiger partial charge in [0.15, 0.2) is 0 Å². The number of hydrogen-bond donors (Lipinski definition) is 1. The summed E-state index contributed by atoms with van der Waals surface area (Å²) in [6.45, 7) is 5.72. The van der Waals surface area contributed by atoms with Crippen molar-refractivity contribution in [2.75, 3.05) is 54.1 Å². The highest BCUT2D eigenvalue weighted by molar-refractivity contribution is 4.79. The number of ether oxygens (including phenoxy) is 2. The van der Waals surface area contributed by atoms with E-state index >= 15 is 0 Å². The monoisotopic (exact) mass is 274 g/mol. The fourth-order valence-corrected chi connectivity index (χ4v) is 2.53. The topological polar surface area (TPSA) is 45.2 Å². The van der Waals surface area contributed by atoms with Crippen LogP contribution in [0, 0.1) is 0 Å². The normalized spacial score (nSPS) is 24.6. The van der Waals surface area contributed by atoms with Crippen molar-refractivity contribution in [2.24, 2.45) is 0 Å². The number of β-amino-alcohol motifs (C(OH)–C–C–N with tert-alkyl or cyclic N) is 1. The molecule has 1 aliphatic heterocycles. The Morgan fingerprint density at radius 1 is 1.37 bits per heavy atom. The zero-order valence-electron chi connectivity index (χ0n) is 12.8. The van der Waals surface area contributed by atoms with Crippen LogP contribution in [0.25, 0.3) is 0 Å². The third-order valence-electron chi connectivity index (χ3n) is 3.65. The molecule has 1 saturated heterocycles. The number of hydrogen-bond acceptors (Lipinski definition) is 5. The molecule has 5 heteroatoms. The summed E-state index contributed by atoms with van der Waals surface area (Å²) in [5.74, 6) is 0. The summed E-state index contributed by atoms with van der Waals surface area (Å²) in [6, 6.07) is 0.606. The Labute approximate surface area is 117 Å². The van der Waals surface area contributed by atoms with Gasteiger partial charge >= 0.3 is 0 Å². The highest BCUT2D eigenvalue weighted by Crippen LogP contribution is 2.14. The minimum atomic E-state index is -0.416. The Morgan fingerprint density at radius 2 is 2.11 bits per heavy atom. The summed E-state index contributed by atoms with van der Waals surface area (Å²) in [7, 11) is 5.91. The van der Waals surface area contributed by atoms with Gasteiger partial charge in [0.2, 0.25) is 0 Å². The largest absolute Gasteiger partial charge is 0.389 e. The molecule has 0 radical (unpaired) electrons. The number of rotatable bonds is 8. The van der Waals surface area contributed by atoms with Gasteiger partial charge in [0.25, 0.3) is 0 Å². The van der Waals surface area contributed by atoms with E-state index in [1.54, 1.807) is 7.11 Å². The number of piperidine rings is 1. The molecule has 19 heavy (non-hydrogen) atoms. The lowest BCUT2D eigenvalue weighted by Gasteiger charge is -2.37. The molecule has 1 aliphatic rings. The molecular weight excluding hydrogens is 244 g/mol. The fourth-order valence-electron chi connectivity index (χ4n) is 2.53. The first-order valence-electron chi connectivity index (χ1n) is 7.20. The Hall–Kier alpha value is -0.200. The average molecular weight is 274 g/mol. The second kappa shape index (κ2) is 8.87. The molecule has 0 aliphatic carbocycles. The van der Waals surface area contributed by atoms with E-state index in [0.29, 0.717) is 25.8 Å². The van der Waals surface area contributed by atoms with E-state index in [0.717, 1.165) is 13.1 Å². The predicted octanol–water partition coefficient (Wildman–Crippen LogP) is 0.425. The third-order valence-corrected chi connectivity index (χ3v) is 3.65. The van der Waals surface area contributed by atoms with Crippen LogP contribution in [0.15, 0.2) is 0 Å². The molecule has 1 fully saturated rings. The molecule has 0 aromatic heterocycles. The van der Waals surface area contributed by atoms with Crippen LogP contribution in [-0.2, 0) is 9.47 Å². The third kappa shape index (κ3) is 6.68. The highest BCUT2D eigenvalue weighted by Gasteiger charge is 2.23. The molecule has 1 rings (SSSR count). The number of aliphatic hydroxyl groups is 1. The first-order chi connectivity index (χ1) is 9.02. The van der Waals surface area contributed by atoms with Gasteiger partial charge in [-0.1, -0.05) is 0 Å². The van der Waals surface area contributed by atoms with Crippen molar-refractivity contribution in [3.8, 4) is 0 Å². The van der Waals surface area contributed by atoms with Gasteiger partial charge in [-0.25, -0.2) is 0 Å². The van der Waals surface area contributed by atoms with E-state index in [1.165, 1.54) is 12.8 Å². The Bertz CT molecular complexity index is 239. The van der Waals surface area contributed by atoms with Gasteiger partial charge in [0, 0.05) is 26.2 Å². The van der Waals surface area contributed by atoms with Crippen molar-refractivity contribution in [1.29, 1.82) is 0 Å². The lowest BCUT2D eigenvalue weighted by atomic mass is 10.0. The minimum Gasteiger partial charge on any atom is -0.389 e. The summed E-state index contributed by atoms with van der Waals surface area (Å²) in [5, 5.41) is 10.0. The summed E-state index contributed by atoms with van der Waals surface area (Å²) >= 11 is 0. The molecule has 5 nitrogen and oxygen atoms in total. The lowest BCUT2D eigenvalue weighted by Crippen LogP contribution is -2.48. The molecule has 0 aromatic carbocycles. The van der Waals surface area contributed by atoms with E-state index < -0.39 is 6.10 Å². The number of likely N-dealkylation sites (N-methyl/N-ethyl adjacent to an activating group) is 1. The summed E-state index contributed by atoms with van der Waals surface area (Å²) in [4.78, 5) is 4.61. The maximum absolute atomic E-state index is 10.0. The maximum Gasteiger partial charge on any atom is 0.0900 e. The first kappa shape index (κ1) is 16.9. The van der Waals surface area contributed by atoms with Gasteiger partial charge in [-0.15, -0.1) is 0 Å².